The van der Waals surface area contributed by atoms with E-state index in [-0.39, 0.29) is 0 Å². The van der Waals surface area contributed by atoms with Crippen LogP contribution in [-0.4, -0.2) is 13.2 Å². The molecule has 0 amide bonds. The van der Waals surface area contributed by atoms with Crippen molar-refractivity contribution in [3.63, 3.8) is 0 Å². The average molecular weight is 242 g/mol. The van der Waals surface area contributed by atoms with Gasteiger partial charge in [0, 0.05) is 11.1 Å². The standard InChI is InChI=1S/C12H16ClNO2/c1-7-10(13)8(12(2,3)14)6-9-11(7)16-5-4-15-9/h6H,4-5,14H2,1-3H3. The first-order chi connectivity index (χ1) is 7.41. The minimum absolute atomic E-state index is 0.488. The summed E-state index contributed by atoms with van der Waals surface area (Å²) in [5, 5.41) is 0.664. The van der Waals surface area contributed by atoms with Gasteiger partial charge in [-0.1, -0.05) is 11.6 Å². The molecular weight excluding hydrogens is 226 g/mol. The Labute approximate surface area is 100 Å². The van der Waals surface area contributed by atoms with Gasteiger partial charge in [-0.2, -0.15) is 0 Å². The summed E-state index contributed by atoms with van der Waals surface area (Å²) >= 11 is 6.30. The summed E-state index contributed by atoms with van der Waals surface area (Å²) in [4.78, 5) is 0. The van der Waals surface area contributed by atoms with Gasteiger partial charge in [-0.25, -0.2) is 0 Å². The molecule has 0 atom stereocenters. The van der Waals surface area contributed by atoms with E-state index in [1.54, 1.807) is 0 Å². The van der Waals surface area contributed by atoms with Crippen LogP contribution in [0.3, 0.4) is 0 Å². The fourth-order valence-corrected chi connectivity index (χ4v) is 2.18. The van der Waals surface area contributed by atoms with Gasteiger partial charge in [0.1, 0.15) is 13.2 Å². The quantitative estimate of drug-likeness (QED) is 0.822. The molecule has 1 aliphatic heterocycles. The van der Waals surface area contributed by atoms with Gasteiger partial charge in [0.05, 0.1) is 5.02 Å². The highest BCUT2D eigenvalue weighted by Crippen LogP contribution is 2.42. The van der Waals surface area contributed by atoms with E-state index in [1.165, 1.54) is 0 Å². The zero-order valence-electron chi connectivity index (χ0n) is 9.76. The molecule has 0 aliphatic carbocycles. The molecule has 1 aromatic rings. The molecule has 3 nitrogen and oxygen atoms in total. The molecule has 4 heteroatoms. The number of hydrogen-bond acceptors (Lipinski definition) is 3. The van der Waals surface area contributed by atoms with Gasteiger partial charge in [0.15, 0.2) is 11.5 Å². The number of ether oxygens (including phenoxy) is 2. The maximum Gasteiger partial charge on any atom is 0.165 e. The van der Waals surface area contributed by atoms with Crippen molar-refractivity contribution >= 4 is 11.6 Å². The number of halogens is 1. The SMILES string of the molecule is Cc1c(Cl)c(C(C)(C)N)cc2c1OCCO2. The third kappa shape index (κ3) is 1.85. The smallest absolute Gasteiger partial charge is 0.165 e. The topological polar surface area (TPSA) is 44.5 Å². The summed E-state index contributed by atoms with van der Waals surface area (Å²) in [6, 6.07) is 1.88. The minimum Gasteiger partial charge on any atom is -0.486 e. The van der Waals surface area contributed by atoms with Crippen LogP contribution in [0.15, 0.2) is 6.07 Å². The van der Waals surface area contributed by atoms with Crippen LogP contribution in [0.2, 0.25) is 5.02 Å². The lowest BCUT2D eigenvalue weighted by Gasteiger charge is -2.27. The van der Waals surface area contributed by atoms with E-state index in [2.05, 4.69) is 0 Å². The molecule has 1 heterocycles. The van der Waals surface area contributed by atoms with E-state index >= 15 is 0 Å². The van der Waals surface area contributed by atoms with E-state index in [1.807, 2.05) is 26.8 Å². The van der Waals surface area contributed by atoms with Gasteiger partial charge in [-0.3, -0.25) is 0 Å². The Morgan fingerprint density at radius 1 is 1.31 bits per heavy atom. The van der Waals surface area contributed by atoms with E-state index in [4.69, 9.17) is 26.8 Å². The highest BCUT2D eigenvalue weighted by molar-refractivity contribution is 6.32. The van der Waals surface area contributed by atoms with Crippen molar-refractivity contribution in [2.45, 2.75) is 26.3 Å². The van der Waals surface area contributed by atoms with Crippen LogP contribution in [-0.2, 0) is 5.54 Å². The molecule has 0 unspecified atom stereocenters. The van der Waals surface area contributed by atoms with Crippen LogP contribution in [0.5, 0.6) is 11.5 Å². The van der Waals surface area contributed by atoms with E-state index in [0.717, 1.165) is 22.6 Å². The van der Waals surface area contributed by atoms with Crippen molar-refractivity contribution in [1.82, 2.24) is 0 Å². The Morgan fingerprint density at radius 2 is 1.94 bits per heavy atom. The van der Waals surface area contributed by atoms with Crippen LogP contribution >= 0.6 is 11.6 Å². The number of fused-ring (bicyclic) bond motifs is 1. The van der Waals surface area contributed by atoms with Gasteiger partial charge in [-0.05, 0) is 32.4 Å². The summed E-state index contributed by atoms with van der Waals surface area (Å²) in [5.41, 5.74) is 7.37. The second-order valence-electron chi connectivity index (χ2n) is 4.61. The van der Waals surface area contributed by atoms with Gasteiger partial charge in [-0.15, -0.1) is 0 Å². The molecule has 1 aliphatic rings. The van der Waals surface area contributed by atoms with Gasteiger partial charge in [0.25, 0.3) is 0 Å². The second-order valence-corrected chi connectivity index (χ2v) is 4.99. The van der Waals surface area contributed by atoms with Gasteiger partial charge < -0.3 is 15.2 Å². The van der Waals surface area contributed by atoms with E-state index < -0.39 is 5.54 Å². The van der Waals surface area contributed by atoms with Crippen molar-refractivity contribution in [2.24, 2.45) is 5.73 Å². The zero-order valence-corrected chi connectivity index (χ0v) is 10.5. The maximum atomic E-state index is 6.30. The fourth-order valence-electron chi connectivity index (χ4n) is 1.80. The second kappa shape index (κ2) is 3.82. The van der Waals surface area contributed by atoms with Gasteiger partial charge in [0.2, 0.25) is 0 Å². The Morgan fingerprint density at radius 3 is 2.56 bits per heavy atom. The Kier molecular flexibility index (Phi) is 2.76. The fraction of sp³-hybridized carbons (Fsp3) is 0.500. The van der Waals surface area contributed by atoms with Crippen molar-refractivity contribution in [1.29, 1.82) is 0 Å². The molecular formula is C12H16ClNO2. The van der Waals surface area contributed by atoms with Crippen LogP contribution in [0.4, 0.5) is 0 Å². The van der Waals surface area contributed by atoms with E-state index in [0.29, 0.717) is 18.2 Å². The monoisotopic (exact) mass is 241 g/mol. The lowest BCUT2D eigenvalue weighted by molar-refractivity contribution is 0.170. The van der Waals surface area contributed by atoms with Crippen LogP contribution in [0, 0.1) is 6.92 Å². The molecule has 2 rings (SSSR count). The largest absolute Gasteiger partial charge is 0.486 e. The molecule has 0 radical (unpaired) electrons. The predicted molar refractivity (Wildman–Crippen MR) is 64.4 cm³/mol. The lowest BCUT2D eigenvalue weighted by Crippen LogP contribution is -2.30. The molecule has 0 saturated heterocycles. The molecule has 0 fully saturated rings. The molecule has 0 aromatic heterocycles. The van der Waals surface area contributed by atoms with Crippen LogP contribution < -0.4 is 15.2 Å². The number of rotatable bonds is 1. The summed E-state index contributed by atoms with van der Waals surface area (Å²) in [5.74, 6) is 1.48. The normalized spacial score (nSPS) is 15.1. The van der Waals surface area contributed by atoms with E-state index in [9.17, 15) is 0 Å². The van der Waals surface area contributed by atoms with Gasteiger partial charge >= 0.3 is 0 Å². The first-order valence-corrected chi connectivity index (χ1v) is 5.67. The zero-order chi connectivity index (χ0) is 11.9. The summed E-state index contributed by atoms with van der Waals surface area (Å²) in [6.07, 6.45) is 0. The van der Waals surface area contributed by atoms with Crippen molar-refractivity contribution in [3.05, 3.63) is 22.2 Å². The predicted octanol–water partition coefficient (Wildman–Crippen LogP) is 2.61. The lowest BCUT2D eigenvalue weighted by atomic mass is 9.93. The third-order valence-electron chi connectivity index (χ3n) is 2.69. The Hall–Kier alpha value is -0.930. The Balaban J connectivity index is 2.62. The molecule has 1 aromatic carbocycles. The number of hydrogen-bond donors (Lipinski definition) is 1. The highest BCUT2D eigenvalue weighted by Gasteiger charge is 2.25. The Bertz CT molecular complexity index is 424. The van der Waals surface area contributed by atoms with Crippen LogP contribution in [0.1, 0.15) is 25.0 Å². The summed E-state index contributed by atoms with van der Waals surface area (Å²) < 4.78 is 11.1. The maximum absolute atomic E-state index is 6.30. The first kappa shape index (κ1) is 11.6. The number of benzene rings is 1. The highest BCUT2D eigenvalue weighted by atomic mass is 35.5. The first-order valence-electron chi connectivity index (χ1n) is 5.29. The van der Waals surface area contributed by atoms with Crippen LogP contribution in [0.25, 0.3) is 0 Å². The molecule has 16 heavy (non-hydrogen) atoms. The molecule has 0 saturated carbocycles. The average Bonchev–Trinajstić information content (AvgIpc) is 2.22. The molecule has 0 spiro atoms. The third-order valence-corrected chi connectivity index (χ3v) is 3.17. The summed E-state index contributed by atoms with van der Waals surface area (Å²) in [6.45, 7) is 6.90. The molecule has 2 N–H and O–H groups in total. The van der Waals surface area contributed by atoms with Crippen molar-refractivity contribution in [2.75, 3.05) is 13.2 Å². The molecule has 0 bridgehead atoms. The number of nitrogens with two attached hydrogens (primary N) is 1. The molecule has 88 valence electrons. The minimum atomic E-state index is -0.488. The van der Waals surface area contributed by atoms with Crippen molar-refractivity contribution in [3.8, 4) is 11.5 Å². The van der Waals surface area contributed by atoms with Crippen molar-refractivity contribution < 1.29 is 9.47 Å². The summed E-state index contributed by atoms with van der Waals surface area (Å²) in [7, 11) is 0.